The number of benzene rings is 1. The lowest BCUT2D eigenvalue weighted by Crippen LogP contribution is -2.47. The number of alkyl halides is 3. The SMILES string of the molecule is CN1C[C@H](F)C[C@H]1C(=O)NC1CCC(Oc2cc(-n3c(C(F)F)nc4ccccc43)nc(N3CCOCC3)n2)CC1. The Labute approximate surface area is 235 Å². The Balaban J connectivity index is 1.21. The maximum atomic E-state index is 14.1. The van der Waals surface area contributed by atoms with E-state index in [1.54, 1.807) is 42.3 Å². The lowest BCUT2D eigenvalue weighted by molar-refractivity contribution is -0.126. The molecule has 2 aromatic heterocycles. The molecular weight excluding hydrogens is 539 g/mol. The Hall–Kier alpha value is -3.45. The second-order valence-corrected chi connectivity index (χ2v) is 10.9. The molecule has 1 saturated carbocycles. The summed E-state index contributed by atoms with van der Waals surface area (Å²) >= 11 is 0. The Morgan fingerprint density at radius 2 is 1.85 bits per heavy atom. The fourth-order valence-corrected chi connectivity index (χ4v) is 5.95. The monoisotopic (exact) mass is 573 g/mol. The molecule has 4 heterocycles. The number of likely N-dealkylation sites (N-methyl/N-ethyl adjacent to an activating group) is 1. The van der Waals surface area contributed by atoms with Crippen LogP contribution < -0.4 is 15.0 Å². The van der Waals surface area contributed by atoms with E-state index in [0.29, 0.717) is 74.8 Å². The first-order chi connectivity index (χ1) is 19.9. The molecule has 0 bridgehead atoms. The standard InChI is InChI=1S/C28H34F3N7O3/c1-36-16-17(29)14-22(36)27(39)32-18-6-8-19(9-7-18)41-24-15-23(34-28(35-24)37-10-12-40-13-11-37)38-21-5-3-2-4-20(21)33-26(38)25(30)31/h2-5,15,17-19,22,25H,6-14,16H2,1H3,(H,32,39)/t17-,18?,19?,22+/m1/s1. The zero-order valence-corrected chi connectivity index (χ0v) is 22.9. The molecular formula is C28H34F3N7O3. The first kappa shape index (κ1) is 27.7. The number of ether oxygens (including phenoxy) is 2. The van der Waals surface area contributed by atoms with E-state index in [4.69, 9.17) is 9.47 Å². The van der Waals surface area contributed by atoms with Crippen molar-refractivity contribution >= 4 is 22.9 Å². The van der Waals surface area contributed by atoms with Crippen LogP contribution in [0.4, 0.5) is 19.1 Å². The molecule has 1 aromatic carbocycles. The third-order valence-electron chi connectivity index (χ3n) is 8.09. The van der Waals surface area contributed by atoms with Gasteiger partial charge in [-0.05, 0) is 44.9 Å². The predicted molar refractivity (Wildman–Crippen MR) is 145 cm³/mol. The summed E-state index contributed by atoms with van der Waals surface area (Å²) < 4.78 is 55.1. The van der Waals surface area contributed by atoms with Crippen molar-refractivity contribution in [2.75, 3.05) is 44.8 Å². The molecule has 0 spiro atoms. The molecule has 2 atom stereocenters. The second kappa shape index (κ2) is 11.8. The molecule has 1 aliphatic carbocycles. The number of para-hydroxylation sites is 2. The van der Waals surface area contributed by atoms with E-state index in [-0.39, 0.29) is 36.8 Å². The Kier molecular flexibility index (Phi) is 7.98. The molecule has 1 amide bonds. The third-order valence-corrected chi connectivity index (χ3v) is 8.09. The van der Waals surface area contributed by atoms with Gasteiger partial charge in [-0.15, -0.1) is 0 Å². The van der Waals surface area contributed by atoms with Crippen molar-refractivity contribution in [1.82, 2.24) is 29.7 Å². The van der Waals surface area contributed by atoms with Gasteiger partial charge in [0.2, 0.25) is 17.7 Å². The van der Waals surface area contributed by atoms with Gasteiger partial charge >= 0.3 is 0 Å². The lowest BCUT2D eigenvalue weighted by atomic mass is 9.92. The highest BCUT2D eigenvalue weighted by atomic mass is 19.3. The molecule has 3 aliphatic rings. The number of aromatic nitrogens is 4. The van der Waals surface area contributed by atoms with Crippen LogP contribution in [-0.2, 0) is 9.53 Å². The summed E-state index contributed by atoms with van der Waals surface area (Å²) in [6, 6.07) is 8.09. The minimum absolute atomic E-state index is 0.00908. The highest BCUT2D eigenvalue weighted by Gasteiger charge is 2.36. The summed E-state index contributed by atoms with van der Waals surface area (Å²) in [5.74, 6) is 0.408. The van der Waals surface area contributed by atoms with Crippen molar-refractivity contribution in [2.45, 2.75) is 62.9 Å². The van der Waals surface area contributed by atoms with Crippen LogP contribution >= 0.6 is 0 Å². The van der Waals surface area contributed by atoms with E-state index in [1.807, 2.05) is 4.90 Å². The number of amides is 1. The van der Waals surface area contributed by atoms with Gasteiger partial charge in [0, 0.05) is 38.2 Å². The minimum Gasteiger partial charge on any atom is -0.474 e. The number of rotatable bonds is 7. The van der Waals surface area contributed by atoms with Gasteiger partial charge in [0.05, 0.1) is 30.3 Å². The van der Waals surface area contributed by atoms with Crippen molar-refractivity contribution in [1.29, 1.82) is 0 Å². The summed E-state index contributed by atoms with van der Waals surface area (Å²) in [6.07, 6.45) is -0.942. The van der Waals surface area contributed by atoms with E-state index in [1.165, 1.54) is 4.57 Å². The molecule has 3 fully saturated rings. The fourth-order valence-electron chi connectivity index (χ4n) is 5.95. The summed E-state index contributed by atoms with van der Waals surface area (Å²) in [4.78, 5) is 29.9. The quantitative estimate of drug-likeness (QED) is 0.459. The number of morpholine rings is 1. The van der Waals surface area contributed by atoms with Crippen molar-refractivity contribution in [3.05, 3.63) is 36.2 Å². The summed E-state index contributed by atoms with van der Waals surface area (Å²) in [5, 5.41) is 3.08. The molecule has 1 N–H and O–H groups in total. The second-order valence-electron chi connectivity index (χ2n) is 10.9. The van der Waals surface area contributed by atoms with E-state index in [9.17, 15) is 18.0 Å². The maximum absolute atomic E-state index is 14.1. The summed E-state index contributed by atoms with van der Waals surface area (Å²) in [6.45, 7) is 2.44. The van der Waals surface area contributed by atoms with Crippen LogP contribution in [0.1, 0.15) is 44.4 Å². The number of carbonyl (C=O) groups excluding carboxylic acids is 1. The summed E-state index contributed by atoms with van der Waals surface area (Å²) in [7, 11) is 1.77. The van der Waals surface area contributed by atoms with Crippen molar-refractivity contribution in [2.24, 2.45) is 0 Å². The Morgan fingerprint density at radius 1 is 1.10 bits per heavy atom. The largest absolute Gasteiger partial charge is 0.474 e. The van der Waals surface area contributed by atoms with Gasteiger partial charge < -0.3 is 19.7 Å². The molecule has 0 radical (unpaired) electrons. The van der Waals surface area contributed by atoms with E-state index >= 15 is 0 Å². The first-order valence-corrected chi connectivity index (χ1v) is 14.1. The van der Waals surface area contributed by atoms with Crippen LogP contribution in [-0.4, -0.2) is 94.6 Å². The van der Waals surface area contributed by atoms with Gasteiger partial charge in [-0.2, -0.15) is 9.97 Å². The van der Waals surface area contributed by atoms with Gasteiger partial charge in [0.1, 0.15) is 18.1 Å². The zero-order valence-electron chi connectivity index (χ0n) is 22.9. The smallest absolute Gasteiger partial charge is 0.296 e. The highest BCUT2D eigenvalue weighted by molar-refractivity contribution is 5.82. The van der Waals surface area contributed by atoms with Gasteiger partial charge in [0.25, 0.3) is 6.43 Å². The van der Waals surface area contributed by atoms with Gasteiger partial charge in [-0.25, -0.2) is 18.2 Å². The number of likely N-dealkylation sites (tertiary alicyclic amines) is 1. The number of nitrogens with one attached hydrogen (secondary N) is 1. The number of halogens is 3. The maximum Gasteiger partial charge on any atom is 0.296 e. The molecule has 10 nitrogen and oxygen atoms in total. The highest BCUT2D eigenvalue weighted by Crippen LogP contribution is 2.31. The van der Waals surface area contributed by atoms with E-state index in [0.717, 1.165) is 0 Å². The van der Waals surface area contributed by atoms with Crippen LogP contribution in [0, 0.1) is 0 Å². The molecule has 2 saturated heterocycles. The average Bonchev–Trinajstić information content (AvgIpc) is 3.54. The number of fused-ring (bicyclic) bond motifs is 1. The van der Waals surface area contributed by atoms with Crippen LogP contribution in [0.5, 0.6) is 5.88 Å². The molecule has 13 heteroatoms. The Morgan fingerprint density at radius 3 is 2.56 bits per heavy atom. The van der Waals surface area contributed by atoms with Crippen LogP contribution in [0.15, 0.2) is 30.3 Å². The average molecular weight is 574 g/mol. The number of anilines is 1. The van der Waals surface area contributed by atoms with Crippen LogP contribution in [0.25, 0.3) is 16.9 Å². The molecule has 0 unspecified atom stereocenters. The third kappa shape index (κ3) is 5.96. The van der Waals surface area contributed by atoms with Crippen molar-refractivity contribution in [3.8, 4) is 11.7 Å². The summed E-state index contributed by atoms with van der Waals surface area (Å²) in [5.41, 5.74) is 0.964. The van der Waals surface area contributed by atoms with Crippen molar-refractivity contribution in [3.63, 3.8) is 0 Å². The topological polar surface area (TPSA) is 97.6 Å². The number of imidazole rings is 1. The lowest BCUT2D eigenvalue weighted by Gasteiger charge is -2.31. The minimum atomic E-state index is -2.81. The molecule has 220 valence electrons. The Bertz CT molecular complexity index is 1380. The molecule has 41 heavy (non-hydrogen) atoms. The molecule has 3 aromatic rings. The predicted octanol–water partition coefficient (Wildman–Crippen LogP) is 3.44. The van der Waals surface area contributed by atoms with Gasteiger partial charge in [0.15, 0.2) is 5.82 Å². The molecule has 2 aliphatic heterocycles. The number of hydrogen-bond donors (Lipinski definition) is 1. The number of nitrogens with zero attached hydrogens (tertiary/aromatic N) is 6. The van der Waals surface area contributed by atoms with E-state index < -0.39 is 24.5 Å². The van der Waals surface area contributed by atoms with Crippen molar-refractivity contribution < 1.29 is 27.4 Å². The normalized spacial score (nSPS) is 25.6. The van der Waals surface area contributed by atoms with Crippen LogP contribution in [0.3, 0.4) is 0 Å². The van der Waals surface area contributed by atoms with Gasteiger partial charge in [-0.3, -0.25) is 14.3 Å². The van der Waals surface area contributed by atoms with Gasteiger partial charge in [-0.1, -0.05) is 12.1 Å². The first-order valence-electron chi connectivity index (χ1n) is 14.1. The van der Waals surface area contributed by atoms with E-state index in [2.05, 4.69) is 20.3 Å². The fraction of sp³-hybridized carbons (Fsp3) is 0.571. The number of carbonyl (C=O) groups is 1. The molecule has 6 rings (SSSR count). The zero-order chi connectivity index (χ0) is 28.5. The van der Waals surface area contributed by atoms with Crippen LogP contribution in [0.2, 0.25) is 0 Å². The number of hydrogen-bond acceptors (Lipinski definition) is 8.